The molecular weight excluding hydrogens is 444 g/mol. The van der Waals surface area contributed by atoms with Crippen LogP contribution in [0.3, 0.4) is 0 Å². The van der Waals surface area contributed by atoms with Crippen molar-refractivity contribution in [1.82, 2.24) is 5.32 Å². The molecule has 0 aromatic carbocycles. The average molecular weight is 491 g/mol. The van der Waals surface area contributed by atoms with Crippen molar-refractivity contribution in [3.8, 4) is 0 Å². The third kappa shape index (κ3) is 4.99. The van der Waals surface area contributed by atoms with Crippen LogP contribution < -0.4 is 11.1 Å². The lowest BCUT2D eigenvalue weighted by molar-refractivity contribution is -0.143. The summed E-state index contributed by atoms with van der Waals surface area (Å²) in [4.78, 5) is 34.9. The summed E-state index contributed by atoms with van der Waals surface area (Å²) in [5.41, 5.74) is 5.82. The maximum Gasteiger partial charge on any atom is 0.326 e. The standard InChI is InChI=1S/C28H46N2O5/c1-16(4-9-25(33)30-23(26(34)35)15-24(29)32)20-7-8-21-19-6-5-17-14-18(31)10-12-27(17,2)22(19)11-13-28(20,21)3/h16-23,31H,4-15H2,1-3H3,(H2,29,32)(H,30,33)(H,34,35)/t16-,17-,18-,19+,20-,21+,22+,23-,27+,28-/m1/s1. The average Bonchev–Trinajstić information content (AvgIpc) is 3.14. The van der Waals surface area contributed by atoms with Crippen LogP contribution in [0.15, 0.2) is 0 Å². The van der Waals surface area contributed by atoms with Gasteiger partial charge in [0.1, 0.15) is 6.04 Å². The van der Waals surface area contributed by atoms with Crippen molar-refractivity contribution in [2.75, 3.05) is 0 Å². The van der Waals surface area contributed by atoms with Gasteiger partial charge in [0, 0.05) is 6.42 Å². The molecule has 35 heavy (non-hydrogen) atoms. The Morgan fingerprint density at radius 3 is 2.37 bits per heavy atom. The molecule has 0 heterocycles. The third-order valence-corrected chi connectivity index (χ3v) is 11.3. The van der Waals surface area contributed by atoms with Gasteiger partial charge in [-0.15, -0.1) is 0 Å². The molecule has 0 saturated heterocycles. The Bertz CT molecular complexity index is 832. The van der Waals surface area contributed by atoms with Crippen molar-refractivity contribution >= 4 is 17.8 Å². The highest BCUT2D eigenvalue weighted by Gasteiger charge is 2.60. The van der Waals surface area contributed by atoms with Gasteiger partial charge >= 0.3 is 5.97 Å². The lowest BCUT2D eigenvalue weighted by atomic mass is 9.44. The van der Waals surface area contributed by atoms with Crippen LogP contribution in [-0.2, 0) is 14.4 Å². The number of aliphatic hydroxyl groups is 1. The lowest BCUT2D eigenvalue weighted by Gasteiger charge is -2.61. The van der Waals surface area contributed by atoms with Gasteiger partial charge in [0.15, 0.2) is 0 Å². The maximum absolute atomic E-state index is 12.5. The summed E-state index contributed by atoms with van der Waals surface area (Å²) >= 11 is 0. The lowest BCUT2D eigenvalue weighted by Crippen LogP contribution is -2.54. The molecule has 0 aromatic rings. The van der Waals surface area contributed by atoms with E-state index < -0.39 is 17.9 Å². The van der Waals surface area contributed by atoms with E-state index in [9.17, 15) is 24.6 Å². The van der Waals surface area contributed by atoms with Gasteiger partial charge in [0.05, 0.1) is 12.5 Å². The van der Waals surface area contributed by atoms with E-state index in [1.54, 1.807) is 0 Å². The molecule has 4 aliphatic rings. The highest BCUT2D eigenvalue weighted by Crippen LogP contribution is 2.68. The second-order valence-corrected chi connectivity index (χ2v) is 13.0. The van der Waals surface area contributed by atoms with E-state index in [1.165, 1.54) is 44.9 Å². The first-order valence-electron chi connectivity index (χ1n) is 13.9. The van der Waals surface area contributed by atoms with Gasteiger partial charge in [-0.1, -0.05) is 20.8 Å². The normalized spacial score (nSPS) is 42.2. The van der Waals surface area contributed by atoms with Crippen LogP contribution in [0.2, 0.25) is 0 Å². The first-order valence-corrected chi connectivity index (χ1v) is 13.9. The number of primary amides is 1. The summed E-state index contributed by atoms with van der Waals surface area (Å²) < 4.78 is 0. The van der Waals surface area contributed by atoms with E-state index in [-0.39, 0.29) is 24.9 Å². The minimum Gasteiger partial charge on any atom is -0.480 e. The van der Waals surface area contributed by atoms with Gasteiger partial charge in [-0.3, -0.25) is 9.59 Å². The Morgan fingerprint density at radius 2 is 1.69 bits per heavy atom. The zero-order valence-corrected chi connectivity index (χ0v) is 21.8. The molecule has 4 saturated carbocycles. The number of carbonyl (C=O) groups is 3. The first-order chi connectivity index (χ1) is 16.5. The summed E-state index contributed by atoms with van der Waals surface area (Å²) in [7, 11) is 0. The molecule has 0 aromatic heterocycles. The second-order valence-electron chi connectivity index (χ2n) is 13.0. The Labute approximate surface area is 210 Å². The number of rotatable bonds is 8. The van der Waals surface area contributed by atoms with Gasteiger partial charge in [-0.05, 0) is 111 Å². The fourth-order valence-electron chi connectivity index (χ4n) is 9.44. The maximum atomic E-state index is 12.5. The highest BCUT2D eigenvalue weighted by atomic mass is 16.4. The zero-order valence-electron chi connectivity index (χ0n) is 21.8. The number of carboxylic acid groups (broad SMARTS) is 1. The molecule has 0 radical (unpaired) electrons. The van der Waals surface area contributed by atoms with E-state index >= 15 is 0 Å². The van der Waals surface area contributed by atoms with Crippen LogP contribution >= 0.6 is 0 Å². The quantitative estimate of drug-likeness (QED) is 0.410. The molecule has 7 nitrogen and oxygen atoms in total. The molecule has 5 N–H and O–H groups in total. The van der Waals surface area contributed by atoms with Crippen LogP contribution in [0.1, 0.15) is 97.8 Å². The number of nitrogens with two attached hydrogens (primary N) is 1. The summed E-state index contributed by atoms with van der Waals surface area (Å²) in [6.07, 6.45) is 11.2. The van der Waals surface area contributed by atoms with E-state index in [0.717, 1.165) is 37.0 Å². The van der Waals surface area contributed by atoms with E-state index in [2.05, 4.69) is 26.1 Å². The molecule has 198 valence electrons. The van der Waals surface area contributed by atoms with Crippen molar-refractivity contribution in [3.05, 3.63) is 0 Å². The summed E-state index contributed by atoms with van der Waals surface area (Å²) in [6.45, 7) is 7.30. The number of hydrogen-bond acceptors (Lipinski definition) is 4. The minimum absolute atomic E-state index is 0.103. The van der Waals surface area contributed by atoms with Crippen LogP contribution in [0, 0.1) is 46.3 Å². The molecule has 0 bridgehead atoms. The Balaban J connectivity index is 1.36. The van der Waals surface area contributed by atoms with Gasteiger partial charge in [-0.25, -0.2) is 4.79 Å². The minimum atomic E-state index is -1.25. The largest absolute Gasteiger partial charge is 0.480 e. The Morgan fingerprint density at radius 1 is 1.00 bits per heavy atom. The van der Waals surface area contributed by atoms with Crippen LogP contribution in [0.4, 0.5) is 0 Å². The smallest absolute Gasteiger partial charge is 0.326 e. The number of fused-ring (bicyclic) bond motifs is 5. The molecule has 0 unspecified atom stereocenters. The third-order valence-electron chi connectivity index (χ3n) is 11.3. The SMILES string of the molecule is C[C@H](CCC(=O)N[C@H](CC(N)=O)C(=O)O)[C@H]1CC[C@H]2[C@@H]3CC[C@@H]4C[C@H](O)CC[C@]4(C)[C@H]3CC[C@]12C. The predicted molar refractivity (Wildman–Crippen MR) is 133 cm³/mol. The van der Waals surface area contributed by atoms with E-state index in [1.807, 2.05) is 0 Å². The number of aliphatic hydroxyl groups excluding tert-OH is 1. The number of carbonyl (C=O) groups excluding carboxylic acids is 2. The number of carboxylic acids is 1. The predicted octanol–water partition coefficient (Wildman–Crippen LogP) is 3.87. The van der Waals surface area contributed by atoms with Crippen molar-refractivity contribution in [1.29, 1.82) is 0 Å². The Hall–Kier alpha value is -1.63. The Kier molecular flexibility index (Phi) is 7.57. The molecule has 2 amide bonds. The van der Waals surface area contributed by atoms with Gasteiger partial charge in [0.25, 0.3) is 0 Å². The van der Waals surface area contributed by atoms with E-state index in [4.69, 9.17) is 5.73 Å². The fraction of sp³-hybridized carbons (Fsp3) is 0.893. The fourth-order valence-corrected chi connectivity index (χ4v) is 9.44. The monoisotopic (exact) mass is 490 g/mol. The molecule has 0 spiro atoms. The van der Waals surface area contributed by atoms with Crippen LogP contribution in [0.25, 0.3) is 0 Å². The summed E-state index contributed by atoms with van der Waals surface area (Å²) in [5.74, 6) is 1.68. The van der Waals surface area contributed by atoms with Crippen LogP contribution in [0.5, 0.6) is 0 Å². The molecule has 4 aliphatic carbocycles. The first kappa shape index (κ1) is 26.4. The second kappa shape index (κ2) is 10.0. The number of nitrogens with one attached hydrogen (secondary N) is 1. The summed E-state index contributed by atoms with van der Waals surface area (Å²) in [6, 6.07) is -1.25. The van der Waals surface area contributed by atoms with E-state index in [0.29, 0.717) is 28.6 Å². The summed E-state index contributed by atoms with van der Waals surface area (Å²) in [5, 5.41) is 22.0. The van der Waals surface area contributed by atoms with Crippen molar-refractivity contribution in [2.24, 2.45) is 52.1 Å². The van der Waals surface area contributed by atoms with Crippen molar-refractivity contribution in [3.63, 3.8) is 0 Å². The molecule has 4 rings (SSSR count). The molecule has 4 fully saturated rings. The zero-order chi connectivity index (χ0) is 25.5. The highest BCUT2D eigenvalue weighted by molar-refractivity contribution is 5.88. The molecule has 7 heteroatoms. The topological polar surface area (TPSA) is 130 Å². The van der Waals surface area contributed by atoms with Crippen molar-refractivity contribution < 1.29 is 24.6 Å². The number of aliphatic carboxylic acids is 1. The number of hydrogen-bond donors (Lipinski definition) is 4. The van der Waals surface area contributed by atoms with Crippen molar-refractivity contribution in [2.45, 2.75) is 110 Å². The van der Waals surface area contributed by atoms with Gasteiger partial charge in [0.2, 0.25) is 11.8 Å². The number of amides is 2. The molecular formula is C28H46N2O5. The van der Waals surface area contributed by atoms with Crippen LogP contribution in [-0.4, -0.2) is 40.1 Å². The molecule has 0 aliphatic heterocycles. The van der Waals surface area contributed by atoms with Gasteiger partial charge in [-0.2, -0.15) is 0 Å². The van der Waals surface area contributed by atoms with Gasteiger partial charge < -0.3 is 21.3 Å². The molecule has 10 atom stereocenters.